The van der Waals surface area contributed by atoms with Crippen molar-refractivity contribution < 1.29 is 9.53 Å². The Hall–Kier alpha value is -0.570. The molecule has 0 spiro atoms. The molecule has 4 saturated carbocycles. The SMILES string of the molecule is CCOC(=O)CC(C)NC(C)C12CC3CC(CC(C3)C1)C2. The summed E-state index contributed by atoms with van der Waals surface area (Å²) in [5.74, 6) is 2.89. The van der Waals surface area contributed by atoms with Crippen molar-refractivity contribution in [1.82, 2.24) is 5.32 Å². The van der Waals surface area contributed by atoms with Crippen LogP contribution in [0, 0.1) is 23.2 Å². The summed E-state index contributed by atoms with van der Waals surface area (Å²) in [5, 5.41) is 3.73. The Bertz CT molecular complexity index is 357. The molecule has 4 rings (SSSR count). The fraction of sp³-hybridized carbons (Fsp3) is 0.944. The molecule has 21 heavy (non-hydrogen) atoms. The molecule has 0 radical (unpaired) electrons. The molecule has 0 heterocycles. The van der Waals surface area contributed by atoms with Gasteiger partial charge in [0.1, 0.15) is 0 Å². The third kappa shape index (κ3) is 3.13. The molecule has 3 nitrogen and oxygen atoms in total. The summed E-state index contributed by atoms with van der Waals surface area (Å²) < 4.78 is 5.06. The molecule has 0 aromatic carbocycles. The number of esters is 1. The van der Waals surface area contributed by atoms with Crippen molar-refractivity contribution in [3.05, 3.63) is 0 Å². The summed E-state index contributed by atoms with van der Waals surface area (Å²) in [4.78, 5) is 11.6. The summed E-state index contributed by atoms with van der Waals surface area (Å²) in [6.45, 7) is 6.83. The van der Waals surface area contributed by atoms with Crippen molar-refractivity contribution in [3.63, 3.8) is 0 Å². The summed E-state index contributed by atoms with van der Waals surface area (Å²) >= 11 is 0. The van der Waals surface area contributed by atoms with Crippen LogP contribution in [0.4, 0.5) is 0 Å². The largest absolute Gasteiger partial charge is 0.466 e. The van der Waals surface area contributed by atoms with Crippen LogP contribution in [0.15, 0.2) is 0 Å². The molecule has 0 aromatic rings. The van der Waals surface area contributed by atoms with E-state index in [2.05, 4.69) is 19.2 Å². The van der Waals surface area contributed by atoms with Crippen molar-refractivity contribution in [2.45, 2.75) is 77.8 Å². The van der Waals surface area contributed by atoms with E-state index < -0.39 is 0 Å². The third-order valence-electron chi connectivity index (χ3n) is 6.32. The highest BCUT2D eigenvalue weighted by Crippen LogP contribution is 2.61. The molecule has 3 heteroatoms. The Labute approximate surface area is 129 Å². The predicted octanol–water partition coefficient (Wildman–Crippen LogP) is 3.52. The highest BCUT2D eigenvalue weighted by Gasteiger charge is 2.53. The smallest absolute Gasteiger partial charge is 0.307 e. The maximum Gasteiger partial charge on any atom is 0.307 e. The topological polar surface area (TPSA) is 38.3 Å². The maximum absolute atomic E-state index is 11.6. The summed E-state index contributed by atoms with van der Waals surface area (Å²) in [6, 6.07) is 0.738. The second kappa shape index (κ2) is 5.91. The first kappa shape index (κ1) is 15.3. The van der Waals surface area contributed by atoms with E-state index >= 15 is 0 Å². The van der Waals surface area contributed by atoms with Crippen molar-refractivity contribution in [3.8, 4) is 0 Å². The van der Waals surface area contributed by atoms with E-state index in [0.717, 1.165) is 17.8 Å². The van der Waals surface area contributed by atoms with Crippen LogP contribution in [-0.2, 0) is 9.53 Å². The first-order valence-corrected chi connectivity index (χ1v) is 8.92. The molecule has 1 N–H and O–H groups in total. The second-order valence-corrected chi connectivity index (χ2v) is 8.08. The standard InChI is InChI=1S/C18H31NO2/c1-4-21-17(20)5-12(2)19-13(3)18-9-14-6-15(10-18)8-16(7-14)11-18/h12-16,19H,4-11H2,1-3H3. The first-order chi connectivity index (χ1) is 10.0. The van der Waals surface area contributed by atoms with Gasteiger partial charge in [-0.1, -0.05) is 0 Å². The van der Waals surface area contributed by atoms with Crippen LogP contribution in [0.1, 0.15) is 65.7 Å². The van der Waals surface area contributed by atoms with Crippen molar-refractivity contribution in [1.29, 1.82) is 0 Å². The number of carbonyl (C=O) groups excluding carboxylic acids is 1. The quantitative estimate of drug-likeness (QED) is 0.761. The molecule has 2 unspecified atom stereocenters. The molecule has 4 aliphatic rings. The maximum atomic E-state index is 11.6. The van der Waals surface area contributed by atoms with Crippen molar-refractivity contribution in [2.24, 2.45) is 23.2 Å². The van der Waals surface area contributed by atoms with Gasteiger partial charge in [0.25, 0.3) is 0 Å². The van der Waals surface area contributed by atoms with E-state index in [1.54, 1.807) is 0 Å². The lowest BCUT2D eigenvalue weighted by Crippen LogP contribution is -2.56. The van der Waals surface area contributed by atoms with Gasteiger partial charge in [0.2, 0.25) is 0 Å². The number of hydrogen-bond acceptors (Lipinski definition) is 3. The average Bonchev–Trinajstić information content (AvgIpc) is 2.36. The molecule has 0 aromatic heterocycles. The van der Waals surface area contributed by atoms with Gasteiger partial charge in [0.05, 0.1) is 13.0 Å². The Kier molecular flexibility index (Phi) is 4.31. The van der Waals surface area contributed by atoms with E-state index in [-0.39, 0.29) is 12.0 Å². The zero-order chi connectivity index (χ0) is 15.0. The van der Waals surface area contributed by atoms with Crippen LogP contribution in [0.2, 0.25) is 0 Å². The molecule has 0 amide bonds. The van der Waals surface area contributed by atoms with Crippen LogP contribution in [0.3, 0.4) is 0 Å². The molecule has 120 valence electrons. The fourth-order valence-electron chi connectivity index (χ4n) is 5.84. The van der Waals surface area contributed by atoms with E-state index in [1.165, 1.54) is 38.5 Å². The number of rotatable bonds is 6. The van der Waals surface area contributed by atoms with Gasteiger partial charge in [-0.2, -0.15) is 0 Å². The molecule has 0 saturated heterocycles. The minimum absolute atomic E-state index is 0.0739. The number of hydrogen-bond donors (Lipinski definition) is 1. The van der Waals surface area contributed by atoms with Gasteiger partial charge in [-0.15, -0.1) is 0 Å². The summed E-state index contributed by atoms with van der Waals surface area (Å²) in [7, 11) is 0. The third-order valence-corrected chi connectivity index (χ3v) is 6.32. The highest BCUT2D eigenvalue weighted by molar-refractivity contribution is 5.70. The minimum atomic E-state index is -0.0739. The van der Waals surface area contributed by atoms with E-state index in [9.17, 15) is 4.79 Å². The second-order valence-electron chi connectivity index (χ2n) is 8.08. The monoisotopic (exact) mass is 293 g/mol. The van der Waals surface area contributed by atoms with E-state index in [4.69, 9.17) is 4.74 Å². The number of nitrogens with one attached hydrogen (secondary N) is 1. The van der Waals surface area contributed by atoms with Crippen LogP contribution in [-0.4, -0.2) is 24.7 Å². The van der Waals surface area contributed by atoms with Gasteiger partial charge >= 0.3 is 5.97 Å². The molecule has 2 atom stereocenters. The predicted molar refractivity (Wildman–Crippen MR) is 83.9 cm³/mol. The average molecular weight is 293 g/mol. The molecule has 0 aliphatic heterocycles. The molecular weight excluding hydrogens is 262 g/mol. The van der Waals surface area contributed by atoms with Gasteiger partial charge in [-0.3, -0.25) is 4.79 Å². The fourth-order valence-corrected chi connectivity index (χ4v) is 5.84. The zero-order valence-corrected chi connectivity index (χ0v) is 13.9. The van der Waals surface area contributed by atoms with Gasteiger partial charge in [0.15, 0.2) is 0 Å². The Balaban J connectivity index is 1.57. The lowest BCUT2D eigenvalue weighted by Gasteiger charge is -2.59. The Morgan fingerprint density at radius 1 is 1.14 bits per heavy atom. The molecule has 4 bridgehead atoms. The van der Waals surface area contributed by atoms with Crippen LogP contribution in [0.5, 0.6) is 0 Å². The van der Waals surface area contributed by atoms with Gasteiger partial charge in [-0.05, 0) is 82.5 Å². The van der Waals surface area contributed by atoms with Crippen LogP contribution in [0.25, 0.3) is 0 Å². The highest BCUT2D eigenvalue weighted by atomic mass is 16.5. The van der Waals surface area contributed by atoms with E-state index in [1.807, 2.05) is 6.92 Å². The van der Waals surface area contributed by atoms with Gasteiger partial charge < -0.3 is 10.1 Å². The molecular formula is C18H31NO2. The van der Waals surface area contributed by atoms with Crippen LogP contribution >= 0.6 is 0 Å². The normalized spacial score (nSPS) is 40.0. The minimum Gasteiger partial charge on any atom is -0.466 e. The Morgan fingerprint density at radius 3 is 2.14 bits per heavy atom. The first-order valence-electron chi connectivity index (χ1n) is 8.92. The lowest BCUT2D eigenvalue weighted by atomic mass is 9.48. The number of carbonyl (C=O) groups is 1. The molecule has 4 fully saturated rings. The summed E-state index contributed by atoms with van der Waals surface area (Å²) in [5.41, 5.74) is 0.512. The molecule has 4 aliphatic carbocycles. The van der Waals surface area contributed by atoms with Gasteiger partial charge in [-0.25, -0.2) is 0 Å². The van der Waals surface area contributed by atoms with Gasteiger partial charge in [0, 0.05) is 12.1 Å². The number of ether oxygens (including phenoxy) is 1. The van der Waals surface area contributed by atoms with Crippen LogP contribution < -0.4 is 5.32 Å². The van der Waals surface area contributed by atoms with E-state index in [0.29, 0.717) is 24.5 Å². The Morgan fingerprint density at radius 2 is 1.67 bits per heavy atom. The van der Waals surface area contributed by atoms with Crippen molar-refractivity contribution in [2.75, 3.05) is 6.61 Å². The zero-order valence-electron chi connectivity index (χ0n) is 13.9. The van der Waals surface area contributed by atoms with Crippen molar-refractivity contribution >= 4 is 5.97 Å². The lowest BCUT2D eigenvalue weighted by molar-refractivity contribution is -0.143. The summed E-state index contributed by atoms with van der Waals surface area (Å²) in [6.07, 6.45) is 9.21.